The first-order chi connectivity index (χ1) is 11.0. The topological polar surface area (TPSA) is 37.6 Å². The van der Waals surface area contributed by atoms with Gasteiger partial charge in [0.25, 0.3) is 5.56 Å². The van der Waals surface area contributed by atoms with Crippen molar-refractivity contribution in [1.29, 1.82) is 0 Å². The van der Waals surface area contributed by atoms with Gasteiger partial charge in [-0.2, -0.15) is 0 Å². The summed E-state index contributed by atoms with van der Waals surface area (Å²) in [4.78, 5) is 18.9. The summed E-state index contributed by atoms with van der Waals surface area (Å²) in [5.74, 6) is -0.240. The lowest BCUT2D eigenvalue weighted by Gasteiger charge is -2.16. The first kappa shape index (κ1) is 15.4. The van der Waals surface area contributed by atoms with Gasteiger partial charge >= 0.3 is 0 Å². The van der Waals surface area contributed by atoms with Crippen molar-refractivity contribution in [2.24, 2.45) is 0 Å². The molecule has 0 unspecified atom stereocenters. The highest BCUT2D eigenvalue weighted by Crippen LogP contribution is 2.09. The Morgan fingerprint density at radius 3 is 2.61 bits per heavy atom. The van der Waals surface area contributed by atoms with Gasteiger partial charge in [0.05, 0.1) is 5.69 Å². The SMILES string of the molecule is Cc1cccc2nc(CN(C)Cc3ccc(F)cc3)cc(=O)n12. The molecule has 0 saturated carbocycles. The van der Waals surface area contributed by atoms with Gasteiger partial charge in [-0.1, -0.05) is 18.2 Å². The number of aromatic nitrogens is 2. The van der Waals surface area contributed by atoms with Crippen molar-refractivity contribution in [1.82, 2.24) is 14.3 Å². The summed E-state index contributed by atoms with van der Waals surface area (Å²) >= 11 is 0. The van der Waals surface area contributed by atoms with Gasteiger partial charge in [-0.15, -0.1) is 0 Å². The number of halogens is 1. The highest BCUT2D eigenvalue weighted by atomic mass is 19.1. The van der Waals surface area contributed by atoms with Crippen LogP contribution < -0.4 is 5.56 Å². The summed E-state index contributed by atoms with van der Waals surface area (Å²) < 4.78 is 14.5. The highest BCUT2D eigenvalue weighted by molar-refractivity contribution is 5.40. The molecule has 1 aromatic carbocycles. The average molecular weight is 311 g/mol. The normalized spacial score (nSPS) is 11.3. The summed E-state index contributed by atoms with van der Waals surface area (Å²) in [5.41, 5.74) is 3.19. The molecule has 0 radical (unpaired) electrons. The molecule has 118 valence electrons. The first-order valence-corrected chi connectivity index (χ1v) is 7.44. The standard InChI is InChI=1S/C18H18FN3O/c1-13-4-3-5-17-20-16(10-18(23)22(13)17)12-21(2)11-14-6-8-15(19)9-7-14/h3-10H,11-12H2,1-2H3. The molecule has 23 heavy (non-hydrogen) atoms. The number of hydrogen-bond acceptors (Lipinski definition) is 3. The van der Waals surface area contributed by atoms with Crippen LogP contribution in [0.25, 0.3) is 5.65 Å². The van der Waals surface area contributed by atoms with Crippen LogP contribution in [0.2, 0.25) is 0 Å². The minimum atomic E-state index is -0.240. The Labute approximate surface area is 133 Å². The molecule has 3 aromatic rings. The molecule has 2 heterocycles. The molecular weight excluding hydrogens is 293 g/mol. The van der Waals surface area contributed by atoms with Gasteiger partial charge in [0, 0.05) is 24.8 Å². The summed E-state index contributed by atoms with van der Waals surface area (Å²) in [6.07, 6.45) is 0. The maximum absolute atomic E-state index is 12.9. The molecule has 4 nitrogen and oxygen atoms in total. The molecule has 0 saturated heterocycles. The van der Waals surface area contributed by atoms with E-state index in [1.165, 1.54) is 12.1 Å². The monoisotopic (exact) mass is 311 g/mol. The minimum absolute atomic E-state index is 0.0710. The van der Waals surface area contributed by atoms with Crippen LogP contribution in [-0.4, -0.2) is 21.3 Å². The molecule has 0 aliphatic carbocycles. The van der Waals surface area contributed by atoms with Gasteiger partial charge in [0.15, 0.2) is 0 Å². The zero-order valence-electron chi connectivity index (χ0n) is 13.2. The van der Waals surface area contributed by atoms with Gasteiger partial charge in [0.2, 0.25) is 0 Å². The van der Waals surface area contributed by atoms with Crippen LogP contribution in [0, 0.1) is 12.7 Å². The zero-order valence-corrected chi connectivity index (χ0v) is 13.2. The zero-order chi connectivity index (χ0) is 16.4. The number of fused-ring (bicyclic) bond motifs is 1. The van der Waals surface area contributed by atoms with Crippen molar-refractivity contribution >= 4 is 5.65 Å². The molecule has 5 heteroatoms. The number of aryl methyl sites for hydroxylation is 1. The second-order valence-corrected chi connectivity index (χ2v) is 5.75. The van der Waals surface area contributed by atoms with Gasteiger partial charge in [-0.3, -0.25) is 14.1 Å². The number of hydrogen-bond donors (Lipinski definition) is 0. The van der Waals surface area contributed by atoms with Crippen molar-refractivity contribution in [2.75, 3.05) is 7.05 Å². The largest absolute Gasteiger partial charge is 0.296 e. The van der Waals surface area contributed by atoms with E-state index < -0.39 is 0 Å². The van der Waals surface area contributed by atoms with Crippen molar-refractivity contribution in [3.05, 3.63) is 81.7 Å². The molecule has 0 N–H and O–H groups in total. The quantitative estimate of drug-likeness (QED) is 0.743. The van der Waals surface area contributed by atoms with Gasteiger partial charge in [0.1, 0.15) is 11.5 Å². The molecule has 0 spiro atoms. The Bertz CT molecular complexity index is 887. The third kappa shape index (κ3) is 3.46. The van der Waals surface area contributed by atoms with Gasteiger partial charge < -0.3 is 0 Å². The summed E-state index contributed by atoms with van der Waals surface area (Å²) in [6.45, 7) is 3.10. The van der Waals surface area contributed by atoms with Crippen molar-refractivity contribution in [3.63, 3.8) is 0 Å². The van der Waals surface area contributed by atoms with Crippen molar-refractivity contribution < 1.29 is 4.39 Å². The van der Waals surface area contributed by atoms with E-state index in [0.29, 0.717) is 18.7 Å². The number of nitrogens with zero attached hydrogens (tertiary/aromatic N) is 3. The molecule has 2 aromatic heterocycles. The molecule has 0 bridgehead atoms. The average Bonchev–Trinajstić information content (AvgIpc) is 2.49. The Hall–Kier alpha value is -2.53. The summed E-state index contributed by atoms with van der Waals surface area (Å²) in [6, 6.07) is 13.6. The molecule has 0 amide bonds. The second kappa shape index (κ2) is 6.30. The maximum Gasteiger partial charge on any atom is 0.258 e. The van der Waals surface area contributed by atoms with E-state index in [2.05, 4.69) is 4.98 Å². The fourth-order valence-corrected chi connectivity index (χ4v) is 2.68. The Morgan fingerprint density at radius 2 is 1.87 bits per heavy atom. The molecule has 3 rings (SSSR count). The minimum Gasteiger partial charge on any atom is -0.296 e. The fourth-order valence-electron chi connectivity index (χ4n) is 2.68. The maximum atomic E-state index is 12.9. The molecule has 0 aliphatic heterocycles. The van der Waals surface area contributed by atoms with Crippen LogP contribution in [-0.2, 0) is 13.1 Å². The Balaban J connectivity index is 1.81. The third-order valence-corrected chi connectivity index (χ3v) is 3.73. The third-order valence-electron chi connectivity index (χ3n) is 3.73. The first-order valence-electron chi connectivity index (χ1n) is 7.44. The second-order valence-electron chi connectivity index (χ2n) is 5.75. The lowest BCUT2D eigenvalue weighted by atomic mass is 10.2. The predicted molar refractivity (Wildman–Crippen MR) is 87.8 cm³/mol. The van der Waals surface area contributed by atoms with Crippen LogP contribution in [0.1, 0.15) is 17.0 Å². The van der Waals surface area contributed by atoms with E-state index in [0.717, 1.165) is 17.0 Å². The van der Waals surface area contributed by atoms with Crippen LogP contribution in [0.4, 0.5) is 4.39 Å². The lowest BCUT2D eigenvalue weighted by Crippen LogP contribution is -2.22. The molecular formula is C18H18FN3O. The molecule has 0 aliphatic rings. The predicted octanol–water partition coefficient (Wildman–Crippen LogP) is 2.77. The lowest BCUT2D eigenvalue weighted by molar-refractivity contribution is 0.315. The van der Waals surface area contributed by atoms with Crippen LogP contribution in [0.15, 0.2) is 53.3 Å². The summed E-state index contributed by atoms with van der Waals surface area (Å²) in [5, 5.41) is 0. The summed E-state index contributed by atoms with van der Waals surface area (Å²) in [7, 11) is 1.95. The van der Waals surface area contributed by atoms with E-state index in [9.17, 15) is 9.18 Å². The fraction of sp³-hybridized carbons (Fsp3) is 0.222. The Morgan fingerprint density at radius 1 is 1.13 bits per heavy atom. The number of benzene rings is 1. The smallest absolute Gasteiger partial charge is 0.258 e. The van der Waals surface area contributed by atoms with Crippen LogP contribution in [0.3, 0.4) is 0 Å². The molecule has 0 fully saturated rings. The van der Waals surface area contributed by atoms with Crippen LogP contribution >= 0.6 is 0 Å². The van der Waals surface area contributed by atoms with E-state index in [-0.39, 0.29) is 11.4 Å². The van der Waals surface area contributed by atoms with E-state index in [1.54, 1.807) is 22.6 Å². The van der Waals surface area contributed by atoms with Crippen molar-refractivity contribution in [3.8, 4) is 0 Å². The molecule has 0 atom stereocenters. The van der Waals surface area contributed by atoms with E-state index in [4.69, 9.17) is 0 Å². The van der Waals surface area contributed by atoms with Crippen molar-refractivity contribution in [2.45, 2.75) is 20.0 Å². The van der Waals surface area contributed by atoms with Gasteiger partial charge in [-0.25, -0.2) is 9.37 Å². The Kier molecular flexibility index (Phi) is 4.21. The highest BCUT2D eigenvalue weighted by Gasteiger charge is 2.07. The van der Waals surface area contributed by atoms with E-state index >= 15 is 0 Å². The van der Waals surface area contributed by atoms with Crippen LogP contribution in [0.5, 0.6) is 0 Å². The number of rotatable bonds is 4. The van der Waals surface area contributed by atoms with E-state index in [1.807, 2.05) is 37.1 Å². The van der Waals surface area contributed by atoms with Gasteiger partial charge in [-0.05, 0) is 43.8 Å². The number of pyridine rings is 1.